The highest BCUT2D eigenvalue weighted by Crippen LogP contribution is 2.36. The van der Waals surface area contributed by atoms with Crippen LogP contribution in [0.15, 0.2) is 18.2 Å². The molecule has 0 bridgehead atoms. The molecule has 7 heteroatoms. The predicted octanol–water partition coefficient (Wildman–Crippen LogP) is 2.48. The van der Waals surface area contributed by atoms with Crippen molar-refractivity contribution in [2.24, 2.45) is 11.7 Å². The first-order valence-electron chi connectivity index (χ1n) is 8.22. The van der Waals surface area contributed by atoms with Crippen molar-refractivity contribution in [2.75, 3.05) is 26.8 Å². The lowest BCUT2D eigenvalue weighted by Crippen LogP contribution is -2.43. The topological polar surface area (TPSA) is 81.9 Å². The summed E-state index contributed by atoms with van der Waals surface area (Å²) in [5.74, 6) is 0.203. The summed E-state index contributed by atoms with van der Waals surface area (Å²) in [5, 5.41) is 0.417. The number of nitrogens with zero attached hydrogens (tertiary/aromatic N) is 1. The van der Waals surface area contributed by atoms with Crippen molar-refractivity contribution >= 4 is 29.5 Å². The largest absolute Gasteiger partial charge is 0.493 e. The average Bonchev–Trinajstić information content (AvgIpc) is 2.61. The van der Waals surface area contributed by atoms with Crippen molar-refractivity contribution < 1.29 is 19.1 Å². The molecule has 136 valence electrons. The first-order valence-corrected chi connectivity index (χ1v) is 8.60. The van der Waals surface area contributed by atoms with Crippen LogP contribution in [-0.4, -0.2) is 43.5 Å². The summed E-state index contributed by atoms with van der Waals surface area (Å²) in [6.45, 7) is 3.33. The number of ether oxygens (including phenoxy) is 2. The van der Waals surface area contributed by atoms with Crippen molar-refractivity contribution in [1.29, 1.82) is 0 Å². The van der Waals surface area contributed by atoms with Crippen LogP contribution in [0.25, 0.3) is 6.08 Å². The Morgan fingerprint density at radius 2 is 2.20 bits per heavy atom. The number of halogens is 1. The van der Waals surface area contributed by atoms with Gasteiger partial charge in [0.05, 0.1) is 24.7 Å². The highest BCUT2D eigenvalue weighted by atomic mass is 35.5. The molecular formula is C18H23ClN2O4. The van der Waals surface area contributed by atoms with Gasteiger partial charge in [-0.1, -0.05) is 11.6 Å². The molecule has 1 aromatic carbocycles. The highest BCUT2D eigenvalue weighted by Gasteiger charge is 2.25. The minimum absolute atomic E-state index is 0.157. The molecule has 1 atom stereocenters. The highest BCUT2D eigenvalue weighted by molar-refractivity contribution is 6.32. The number of nitrogens with two attached hydrogens (primary N) is 1. The minimum atomic E-state index is -0.357. The van der Waals surface area contributed by atoms with Crippen LogP contribution in [-0.2, 0) is 9.59 Å². The lowest BCUT2D eigenvalue weighted by atomic mass is 9.97. The fourth-order valence-electron chi connectivity index (χ4n) is 2.80. The maximum Gasteiger partial charge on any atom is 0.246 e. The number of hydrogen-bond donors (Lipinski definition) is 1. The van der Waals surface area contributed by atoms with Crippen LogP contribution < -0.4 is 15.2 Å². The van der Waals surface area contributed by atoms with Crippen molar-refractivity contribution in [3.8, 4) is 11.5 Å². The van der Waals surface area contributed by atoms with E-state index >= 15 is 0 Å². The number of amides is 2. The maximum atomic E-state index is 12.3. The molecule has 1 aliphatic rings. The Kier molecular flexibility index (Phi) is 6.70. The average molecular weight is 367 g/mol. The number of hydrogen-bond acceptors (Lipinski definition) is 4. The molecule has 1 unspecified atom stereocenters. The second-order valence-electron chi connectivity index (χ2n) is 5.83. The number of carbonyl (C=O) groups excluding carboxylic acids is 2. The third kappa shape index (κ3) is 4.89. The third-order valence-corrected chi connectivity index (χ3v) is 4.37. The van der Waals surface area contributed by atoms with Crippen LogP contribution in [0.3, 0.4) is 0 Å². The van der Waals surface area contributed by atoms with Gasteiger partial charge in [-0.2, -0.15) is 0 Å². The molecule has 0 aliphatic carbocycles. The van der Waals surface area contributed by atoms with Crippen LogP contribution >= 0.6 is 11.6 Å². The first-order chi connectivity index (χ1) is 12.0. The van der Waals surface area contributed by atoms with E-state index < -0.39 is 0 Å². The van der Waals surface area contributed by atoms with Gasteiger partial charge >= 0.3 is 0 Å². The summed E-state index contributed by atoms with van der Waals surface area (Å²) < 4.78 is 10.8. The molecule has 1 aromatic rings. The van der Waals surface area contributed by atoms with Gasteiger partial charge in [-0.3, -0.25) is 9.59 Å². The smallest absolute Gasteiger partial charge is 0.246 e. The van der Waals surface area contributed by atoms with Crippen molar-refractivity contribution in [3.05, 3.63) is 28.8 Å². The lowest BCUT2D eigenvalue weighted by molar-refractivity contribution is -0.130. The van der Waals surface area contributed by atoms with Crippen LogP contribution in [0.5, 0.6) is 11.5 Å². The van der Waals surface area contributed by atoms with Gasteiger partial charge in [0.25, 0.3) is 0 Å². The Labute approximate surface area is 152 Å². The Hall–Kier alpha value is -2.21. The SMILES string of the molecule is CCOc1c(Cl)cc(C=CC(=O)N2CCCC(C(N)=O)C2)cc1OC. The minimum Gasteiger partial charge on any atom is -0.493 e. The van der Waals surface area contributed by atoms with E-state index in [-0.39, 0.29) is 17.7 Å². The fourth-order valence-corrected chi connectivity index (χ4v) is 3.08. The Balaban J connectivity index is 2.11. The van der Waals surface area contributed by atoms with Gasteiger partial charge in [0.15, 0.2) is 11.5 Å². The summed E-state index contributed by atoms with van der Waals surface area (Å²) >= 11 is 6.22. The van der Waals surface area contributed by atoms with Crippen LogP contribution in [0, 0.1) is 5.92 Å². The zero-order valence-electron chi connectivity index (χ0n) is 14.5. The van der Waals surface area contributed by atoms with Gasteiger partial charge in [0.1, 0.15) is 0 Å². The fraction of sp³-hybridized carbons (Fsp3) is 0.444. The van der Waals surface area contributed by atoms with Gasteiger partial charge < -0.3 is 20.1 Å². The lowest BCUT2D eigenvalue weighted by Gasteiger charge is -2.30. The third-order valence-electron chi connectivity index (χ3n) is 4.09. The van der Waals surface area contributed by atoms with Crippen LogP contribution in [0.2, 0.25) is 5.02 Å². The molecule has 1 fully saturated rings. The van der Waals surface area contributed by atoms with Gasteiger partial charge in [-0.25, -0.2) is 0 Å². The number of primary amides is 1. The number of likely N-dealkylation sites (tertiary alicyclic amines) is 1. The van der Waals surface area contributed by atoms with E-state index in [2.05, 4.69) is 0 Å². The van der Waals surface area contributed by atoms with Gasteiger partial charge in [0, 0.05) is 19.2 Å². The molecule has 0 aromatic heterocycles. The van der Waals surface area contributed by atoms with Crippen LogP contribution in [0.4, 0.5) is 0 Å². The zero-order chi connectivity index (χ0) is 18.4. The quantitative estimate of drug-likeness (QED) is 0.784. The number of rotatable bonds is 6. The molecule has 0 spiro atoms. The Bertz CT molecular complexity index is 675. The summed E-state index contributed by atoms with van der Waals surface area (Å²) in [5.41, 5.74) is 6.07. The molecule has 0 saturated carbocycles. The molecule has 1 saturated heterocycles. The van der Waals surface area contributed by atoms with E-state index in [1.165, 1.54) is 13.2 Å². The summed E-state index contributed by atoms with van der Waals surface area (Å²) in [6.07, 6.45) is 4.64. The van der Waals surface area contributed by atoms with Gasteiger partial charge in [-0.05, 0) is 43.5 Å². The van der Waals surface area contributed by atoms with Gasteiger partial charge in [0.2, 0.25) is 11.8 Å². The Morgan fingerprint density at radius 1 is 1.44 bits per heavy atom. The molecule has 6 nitrogen and oxygen atoms in total. The summed E-state index contributed by atoms with van der Waals surface area (Å²) in [6, 6.07) is 3.46. The molecule has 25 heavy (non-hydrogen) atoms. The molecule has 0 radical (unpaired) electrons. The Morgan fingerprint density at radius 3 is 2.84 bits per heavy atom. The number of methoxy groups -OCH3 is 1. The zero-order valence-corrected chi connectivity index (χ0v) is 15.2. The number of carbonyl (C=O) groups is 2. The van der Waals surface area contributed by atoms with E-state index in [9.17, 15) is 9.59 Å². The van der Waals surface area contributed by atoms with E-state index in [1.807, 2.05) is 6.92 Å². The van der Waals surface area contributed by atoms with Crippen molar-refractivity contribution in [2.45, 2.75) is 19.8 Å². The van der Waals surface area contributed by atoms with Crippen molar-refractivity contribution in [3.63, 3.8) is 0 Å². The maximum absolute atomic E-state index is 12.3. The van der Waals surface area contributed by atoms with Crippen LogP contribution in [0.1, 0.15) is 25.3 Å². The van der Waals surface area contributed by atoms with E-state index in [0.717, 1.165) is 18.4 Å². The number of piperidine rings is 1. The van der Waals surface area contributed by atoms with E-state index in [1.54, 1.807) is 23.1 Å². The monoisotopic (exact) mass is 366 g/mol. The molecule has 2 N–H and O–H groups in total. The van der Waals surface area contributed by atoms with Gasteiger partial charge in [-0.15, -0.1) is 0 Å². The summed E-state index contributed by atoms with van der Waals surface area (Å²) in [4.78, 5) is 25.3. The van der Waals surface area contributed by atoms with E-state index in [0.29, 0.717) is 36.2 Å². The standard InChI is InChI=1S/C18H23ClN2O4/c1-3-25-17-14(19)9-12(10-15(17)24-2)6-7-16(22)21-8-4-5-13(11-21)18(20)23/h6-7,9-10,13H,3-5,8,11H2,1-2H3,(H2,20,23). The second kappa shape index (κ2) is 8.76. The molecule has 1 heterocycles. The first kappa shape index (κ1) is 19.1. The van der Waals surface area contributed by atoms with Crippen molar-refractivity contribution in [1.82, 2.24) is 4.90 Å². The second-order valence-corrected chi connectivity index (χ2v) is 6.23. The molecule has 2 rings (SSSR count). The van der Waals surface area contributed by atoms with E-state index in [4.69, 9.17) is 26.8 Å². The molecule has 1 aliphatic heterocycles. The molecular weight excluding hydrogens is 344 g/mol. The normalized spacial score (nSPS) is 17.6. The predicted molar refractivity (Wildman–Crippen MR) is 96.7 cm³/mol. The summed E-state index contributed by atoms with van der Waals surface area (Å²) in [7, 11) is 1.53. The number of benzene rings is 1. The molecule has 2 amide bonds.